The average Bonchev–Trinajstić information content (AvgIpc) is 2.94. The molecule has 1 aromatic carbocycles. The minimum atomic E-state index is 0.453. The first kappa shape index (κ1) is 16.8. The van der Waals surface area contributed by atoms with Crippen molar-refractivity contribution in [3.8, 4) is 0 Å². The van der Waals surface area contributed by atoms with E-state index in [0.717, 1.165) is 45.0 Å². The van der Waals surface area contributed by atoms with Gasteiger partial charge in [-0.25, -0.2) is 0 Å². The smallest absolute Gasteiger partial charge is 0.193 e. The van der Waals surface area contributed by atoms with E-state index in [1.54, 1.807) is 0 Å². The Labute approximate surface area is 132 Å². The molecule has 0 aromatic heterocycles. The minimum Gasteiger partial charge on any atom is -0.381 e. The highest BCUT2D eigenvalue weighted by molar-refractivity contribution is 5.92. The first-order valence-electron chi connectivity index (χ1n) is 7.94. The zero-order valence-electron chi connectivity index (χ0n) is 13.6. The van der Waals surface area contributed by atoms with Crippen LogP contribution in [-0.2, 0) is 9.47 Å². The van der Waals surface area contributed by atoms with Gasteiger partial charge >= 0.3 is 0 Å². The van der Waals surface area contributed by atoms with Crippen LogP contribution in [0.15, 0.2) is 23.2 Å². The molecule has 0 amide bonds. The van der Waals surface area contributed by atoms with Crippen LogP contribution in [0.4, 0.5) is 5.69 Å². The topological polar surface area (TPSA) is 68.9 Å². The SMILES string of the molecule is Cc1cc(C)cc(NC(N)=NCCCOCC2CCOC2)c1. The summed E-state index contributed by atoms with van der Waals surface area (Å²) in [5.74, 6) is 1.02. The number of aliphatic imine (C=N–C) groups is 1. The number of anilines is 1. The molecule has 22 heavy (non-hydrogen) atoms. The second-order valence-electron chi connectivity index (χ2n) is 5.93. The number of rotatable bonds is 7. The monoisotopic (exact) mass is 305 g/mol. The molecule has 0 radical (unpaired) electrons. The number of nitrogens with zero attached hydrogens (tertiary/aromatic N) is 1. The molecule has 2 rings (SSSR count). The fraction of sp³-hybridized carbons (Fsp3) is 0.588. The van der Waals surface area contributed by atoms with Crippen molar-refractivity contribution in [2.75, 3.05) is 38.3 Å². The van der Waals surface area contributed by atoms with Crippen molar-refractivity contribution in [2.24, 2.45) is 16.6 Å². The van der Waals surface area contributed by atoms with Crippen LogP contribution in [0.5, 0.6) is 0 Å². The molecule has 1 fully saturated rings. The molecule has 1 saturated heterocycles. The van der Waals surface area contributed by atoms with Gasteiger partial charge < -0.3 is 20.5 Å². The molecule has 1 atom stereocenters. The quantitative estimate of drug-likeness (QED) is 0.461. The zero-order chi connectivity index (χ0) is 15.8. The molecule has 1 aliphatic rings. The van der Waals surface area contributed by atoms with Crippen LogP contribution in [0, 0.1) is 19.8 Å². The number of guanidine groups is 1. The standard InChI is InChI=1S/C17H27N3O2/c1-13-8-14(2)10-16(9-13)20-17(18)19-5-3-6-21-11-15-4-7-22-12-15/h8-10,15H,3-7,11-12H2,1-2H3,(H3,18,19,20). The first-order chi connectivity index (χ1) is 10.6. The van der Waals surface area contributed by atoms with Crippen LogP contribution in [0.25, 0.3) is 0 Å². The largest absolute Gasteiger partial charge is 0.381 e. The molecular weight excluding hydrogens is 278 g/mol. The Balaban J connectivity index is 1.62. The second-order valence-corrected chi connectivity index (χ2v) is 5.93. The van der Waals surface area contributed by atoms with Crippen molar-refractivity contribution in [1.82, 2.24) is 0 Å². The van der Waals surface area contributed by atoms with Gasteiger partial charge in [-0.1, -0.05) is 6.07 Å². The van der Waals surface area contributed by atoms with E-state index >= 15 is 0 Å². The lowest BCUT2D eigenvalue weighted by Gasteiger charge is -2.09. The third-order valence-corrected chi connectivity index (χ3v) is 3.60. The maximum absolute atomic E-state index is 5.90. The highest BCUT2D eigenvalue weighted by Crippen LogP contribution is 2.13. The van der Waals surface area contributed by atoms with Gasteiger partial charge in [0.25, 0.3) is 0 Å². The Hall–Kier alpha value is -1.59. The summed E-state index contributed by atoms with van der Waals surface area (Å²) in [4.78, 5) is 4.33. The Kier molecular flexibility index (Phi) is 6.68. The van der Waals surface area contributed by atoms with Crippen LogP contribution < -0.4 is 11.1 Å². The maximum Gasteiger partial charge on any atom is 0.193 e. The number of hydrogen-bond acceptors (Lipinski definition) is 3. The Bertz CT molecular complexity index is 476. The lowest BCUT2D eigenvalue weighted by Crippen LogP contribution is -2.23. The summed E-state index contributed by atoms with van der Waals surface area (Å²) in [6.07, 6.45) is 1.99. The normalized spacial score (nSPS) is 18.6. The summed E-state index contributed by atoms with van der Waals surface area (Å²) in [6, 6.07) is 6.25. The van der Waals surface area contributed by atoms with Crippen molar-refractivity contribution in [3.63, 3.8) is 0 Å². The molecule has 1 heterocycles. The number of benzene rings is 1. The number of nitrogens with one attached hydrogen (secondary N) is 1. The van der Waals surface area contributed by atoms with Gasteiger partial charge in [0.05, 0.1) is 13.2 Å². The number of nitrogens with two attached hydrogens (primary N) is 1. The van der Waals surface area contributed by atoms with Gasteiger partial charge in [-0.3, -0.25) is 4.99 Å². The predicted octanol–water partition coefficient (Wildman–Crippen LogP) is 2.47. The lowest BCUT2D eigenvalue weighted by atomic mass is 10.1. The van der Waals surface area contributed by atoms with Crippen molar-refractivity contribution < 1.29 is 9.47 Å². The number of ether oxygens (including phenoxy) is 2. The summed E-state index contributed by atoms with van der Waals surface area (Å²) >= 11 is 0. The van der Waals surface area contributed by atoms with Crippen LogP contribution in [0.2, 0.25) is 0 Å². The minimum absolute atomic E-state index is 0.453. The Morgan fingerprint density at radius 2 is 2.14 bits per heavy atom. The Morgan fingerprint density at radius 3 is 2.82 bits per heavy atom. The Morgan fingerprint density at radius 1 is 1.36 bits per heavy atom. The number of hydrogen-bond donors (Lipinski definition) is 2. The average molecular weight is 305 g/mol. The van der Waals surface area contributed by atoms with Gasteiger partial charge in [0.15, 0.2) is 5.96 Å². The van der Waals surface area contributed by atoms with Gasteiger partial charge in [0.2, 0.25) is 0 Å². The van der Waals surface area contributed by atoms with E-state index in [-0.39, 0.29) is 0 Å². The molecule has 1 unspecified atom stereocenters. The van der Waals surface area contributed by atoms with Crippen LogP contribution >= 0.6 is 0 Å². The fourth-order valence-electron chi connectivity index (χ4n) is 2.57. The zero-order valence-corrected chi connectivity index (χ0v) is 13.6. The molecule has 0 aliphatic carbocycles. The summed E-state index contributed by atoms with van der Waals surface area (Å²) in [6.45, 7) is 8.03. The molecule has 1 aliphatic heterocycles. The lowest BCUT2D eigenvalue weighted by molar-refractivity contribution is 0.0893. The highest BCUT2D eigenvalue weighted by Gasteiger charge is 2.14. The van der Waals surface area contributed by atoms with Gasteiger partial charge in [-0.05, 0) is 49.9 Å². The second kappa shape index (κ2) is 8.76. The highest BCUT2D eigenvalue weighted by atomic mass is 16.5. The summed E-state index contributed by atoms with van der Waals surface area (Å²) in [7, 11) is 0. The van der Waals surface area contributed by atoms with Gasteiger partial charge in [0.1, 0.15) is 0 Å². The van der Waals surface area contributed by atoms with Crippen LogP contribution in [0.3, 0.4) is 0 Å². The maximum atomic E-state index is 5.90. The third kappa shape index (κ3) is 6.03. The summed E-state index contributed by atoms with van der Waals surface area (Å²) in [5, 5.41) is 3.13. The summed E-state index contributed by atoms with van der Waals surface area (Å²) < 4.78 is 11.0. The van der Waals surface area contributed by atoms with Gasteiger partial charge in [-0.2, -0.15) is 0 Å². The third-order valence-electron chi connectivity index (χ3n) is 3.60. The van der Waals surface area contributed by atoms with Gasteiger partial charge in [0, 0.05) is 31.4 Å². The molecule has 0 bridgehead atoms. The van der Waals surface area contributed by atoms with E-state index in [4.69, 9.17) is 15.2 Å². The molecule has 3 N–H and O–H groups in total. The predicted molar refractivity (Wildman–Crippen MR) is 90.4 cm³/mol. The van der Waals surface area contributed by atoms with E-state index in [9.17, 15) is 0 Å². The van der Waals surface area contributed by atoms with E-state index in [1.807, 2.05) is 0 Å². The van der Waals surface area contributed by atoms with E-state index in [0.29, 0.717) is 18.4 Å². The van der Waals surface area contributed by atoms with E-state index in [2.05, 4.69) is 42.4 Å². The molecule has 0 spiro atoms. The van der Waals surface area contributed by atoms with Crippen molar-refractivity contribution in [3.05, 3.63) is 29.3 Å². The van der Waals surface area contributed by atoms with Crippen molar-refractivity contribution in [1.29, 1.82) is 0 Å². The first-order valence-corrected chi connectivity index (χ1v) is 7.94. The van der Waals surface area contributed by atoms with E-state index < -0.39 is 0 Å². The molecular formula is C17H27N3O2. The molecule has 1 aromatic rings. The summed E-state index contributed by atoms with van der Waals surface area (Å²) in [5.41, 5.74) is 9.30. The molecule has 0 saturated carbocycles. The fourth-order valence-corrected chi connectivity index (χ4v) is 2.57. The molecule has 122 valence electrons. The van der Waals surface area contributed by atoms with Gasteiger partial charge in [-0.15, -0.1) is 0 Å². The van der Waals surface area contributed by atoms with E-state index in [1.165, 1.54) is 11.1 Å². The number of aryl methyl sites for hydroxylation is 2. The van der Waals surface area contributed by atoms with Crippen molar-refractivity contribution >= 4 is 11.6 Å². The molecule has 5 heteroatoms. The van der Waals surface area contributed by atoms with Crippen molar-refractivity contribution in [2.45, 2.75) is 26.7 Å². The van der Waals surface area contributed by atoms with Crippen LogP contribution in [-0.4, -0.2) is 38.9 Å². The molecule has 5 nitrogen and oxygen atoms in total. The van der Waals surface area contributed by atoms with Crippen LogP contribution in [0.1, 0.15) is 24.0 Å².